The van der Waals surface area contributed by atoms with Gasteiger partial charge in [-0.1, -0.05) is 24.3 Å². The normalized spacial score (nSPS) is 12.6. The number of carbonyl (C=O) groups is 2. The van der Waals surface area contributed by atoms with Gasteiger partial charge in [-0.25, -0.2) is 9.78 Å². The monoisotopic (exact) mass is 470 g/mol. The van der Waals surface area contributed by atoms with E-state index in [0.29, 0.717) is 30.5 Å². The molecule has 3 heterocycles. The molecule has 2 aromatic heterocycles. The van der Waals surface area contributed by atoms with Crippen LogP contribution in [0.25, 0.3) is 22.8 Å². The maximum atomic E-state index is 12.8. The molecule has 1 aliphatic heterocycles. The maximum Gasteiger partial charge on any atom is 0.343 e. The third-order valence-corrected chi connectivity index (χ3v) is 5.30. The average Bonchev–Trinajstić information content (AvgIpc) is 3.30. The molecular formula is C26H22N4O5. The lowest BCUT2D eigenvalue weighted by atomic mass is 10.2. The Morgan fingerprint density at radius 3 is 2.77 bits per heavy atom. The first kappa shape index (κ1) is 22.1. The molecule has 1 amide bonds. The highest BCUT2D eigenvalue weighted by Crippen LogP contribution is 2.31. The van der Waals surface area contributed by atoms with Crippen LogP contribution < -0.4 is 14.8 Å². The molecular weight excluding hydrogens is 448 g/mol. The minimum atomic E-state index is -0.592. The fourth-order valence-electron chi connectivity index (χ4n) is 3.67. The molecule has 0 fully saturated rings. The number of fused-ring (bicyclic) bond motifs is 2. The van der Waals surface area contributed by atoms with Crippen molar-refractivity contribution in [3.8, 4) is 17.3 Å². The van der Waals surface area contributed by atoms with Crippen LogP contribution in [0.5, 0.6) is 11.5 Å². The number of hydrogen-bond donors (Lipinski definition) is 1. The number of pyridine rings is 1. The summed E-state index contributed by atoms with van der Waals surface area (Å²) in [7, 11) is 0. The minimum Gasteiger partial charge on any atom is -0.486 e. The van der Waals surface area contributed by atoms with Crippen LogP contribution in [-0.4, -0.2) is 46.5 Å². The topological polar surface area (TPSA) is 105 Å². The molecule has 9 nitrogen and oxygen atoms in total. The number of anilines is 1. The van der Waals surface area contributed by atoms with Crippen LogP contribution in [0.15, 0.2) is 66.9 Å². The Hall–Kier alpha value is -4.66. The number of para-hydroxylation sites is 1. The molecule has 35 heavy (non-hydrogen) atoms. The standard InChI is InChI=1S/C26H22N4O5/c1-2-33-26(32)19-16-27-30(23-11-9-18-5-3-4-6-20(18)28-23)25(19)29-24(31)12-8-17-7-10-21-22(15-17)35-14-13-34-21/h3-12,15-16H,2,13-14H2,1H3,(H,29,31)/b12-8-. The number of esters is 1. The second kappa shape index (κ2) is 9.68. The molecule has 0 spiro atoms. The third-order valence-electron chi connectivity index (χ3n) is 5.30. The van der Waals surface area contributed by atoms with E-state index in [2.05, 4.69) is 15.4 Å². The van der Waals surface area contributed by atoms with Gasteiger partial charge < -0.3 is 19.5 Å². The van der Waals surface area contributed by atoms with Gasteiger partial charge in [0.05, 0.1) is 18.3 Å². The first-order valence-corrected chi connectivity index (χ1v) is 11.1. The van der Waals surface area contributed by atoms with Gasteiger partial charge in [0.2, 0.25) is 5.91 Å². The average molecular weight is 470 g/mol. The molecule has 0 bridgehead atoms. The third kappa shape index (κ3) is 4.70. The summed E-state index contributed by atoms with van der Waals surface area (Å²) in [5, 5.41) is 8.02. The number of nitrogens with zero attached hydrogens (tertiary/aromatic N) is 3. The SMILES string of the molecule is CCOC(=O)c1cnn(-c2ccc3ccccc3n2)c1NC(=O)/C=C\c1ccc2c(c1)OCCO2. The van der Waals surface area contributed by atoms with Gasteiger partial charge in [-0.05, 0) is 48.9 Å². The summed E-state index contributed by atoms with van der Waals surface area (Å²) >= 11 is 0. The van der Waals surface area contributed by atoms with Gasteiger partial charge in [0.15, 0.2) is 23.1 Å². The molecule has 4 aromatic rings. The fraction of sp³-hybridized carbons (Fsp3) is 0.154. The molecule has 176 valence electrons. The van der Waals surface area contributed by atoms with Gasteiger partial charge in [-0.15, -0.1) is 0 Å². The highest BCUT2D eigenvalue weighted by atomic mass is 16.6. The molecule has 0 saturated carbocycles. The molecule has 0 radical (unpaired) electrons. The molecule has 0 atom stereocenters. The van der Waals surface area contributed by atoms with Gasteiger partial charge in [-0.3, -0.25) is 4.79 Å². The van der Waals surface area contributed by atoms with E-state index >= 15 is 0 Å². The van der Waals surface area contributed by atoms with Crippen LogP contribution >= 0.6 is 0 Å². The summed E-state index contributed by atoms with van der Waals surface area (Å²) in [6.45, 7) is 2.88. The molecule has 1 N–H and O–H groups in total. The first-order chi connectivity index (χ1) is 17.1. The van der Waals surface area contributed by atoms with Crippen molar-refractivity contribution < 1.29 is 23.8 Å². The number of nitrogens with one attached hydrogen (secondary N) is 1. The molecule has 0 aliphatic carbocycles. The zero-order valence-electron chi connectivity index (χ0n) is 18.9. The highest BCUT2D eigenvalue weighted by molar-refractivity contribution is 6.05. The van der Waals surface area contributed by atoms with Gasteiger partial charge in [0.25, 0.3) is 0 Å². The predicted octanol–water partition coefficient (Wildman–Crippen LogP) is 4.02. The summed E-state index contributed by atoms with van der Waals surface area (Å²) < 4.78 is 17.7. The number of hydrogen-bond acceptors (Lipinski definition) is 7. The second-order valence-corrected chi connectivity index (χ2v) is 7.63. The summed E-state index contributed by atoms with van der Waals surface area (Å²) in [5.41, 5.74) is 1.65. The fourth-order valence-corrected chi connectivity index (χ4v) is 3.67. The minimum absolute atomic E-state index is 0.128. The van der Waals surface area contributed by atoms with Crippen molar-refractivity contribution in [2.24, 2.45) is 0 Å². The predicted molar refractivity (Wildman–Crippen MR) is 130 cm³/mol. The number of ether oxygens (including phenoxy) is 3. The quantitative estimate of drug-likeness (QED) is 0.335. The Labute approximate surface area is 200 Å². The van der Waals surface area contributed by atoms with E-state index in [-0.39, 0.29) is 18.0 Å². The number of amides is 1. The first-order valence-electron chi connectivity index (χ1n) is 11.1. The van der Waals surface area contributed by atoms with Gasteiger partial charge in [0, 0.05) is 11.5 Å². The van der Waals surface area contributed by atoms with Crippen molar-refractivity contribution in [3.63, 3.8) is 0 Å². The molecule has 1 aliphatic rings. The lowest BCUT2D eigenvalue weighted by Gasteiger charge is -2.18. The van der Waals surface area contributed by atoms with Crippen LogP contribution in [0.1, 0.15) is 22.8 Å². The highest BCUT2D eigenvalue weighted by Gasteiger charge is 2.22. The number of carbonyl (C=O) groups excluding carboxylic acids is 2. The smallest absolute Gasteiger partial charge is 0.343 e. The van der Waals surface area contributed by atoms with Crippen LogP contribution in [0.2, 0.25) is 0 Å². The van der Waals surface area contributed by atoms with Crippen molar-refractivity contribution in [1.82, 2.24) is 14.8 Å². The van der Waals surface area contributed by atoms with E-state index in [1.165, 1.54) is 17.0 Å². The van der Waals surface area contributed by atoms with Crippen LogP contribution in [0.4, 0.5) is 5.82 Å². The van der Waals surface area contributed by atoms with Gasteiger partial charge in [-0.2, -0.15) is 9.78 Å². The Balaban J connectivity index is 1.44. The number of benzene rings is 2. The molecule has 2 aromatic carbocycles. The van der Waals surface area contributed by atoms with Gasteiger partial charge >= 0.3 is 5.97 Å². The zero-order chi connectivity index (χ0) is 24.2. The van der Waals surface area contributed by atoms with E-state index < -0.39 is 11.9 Å². The Morgan fingerprint density at radius 2 is 1.91 bits per heavy atom. The Morgan fingerprint density at radius 1 is 1.09 bits per heavy atom. The van der Waals surface area contributed by atoms with Crippen molar-refractivity contribution >= 4 is 34.7 Å². The summed E-state index contributed by atoms with van der Waals surface area (Å²) in [4.78, 5) is 30.0. The molecule has 5 rings (SSSR count). The zero-order valence-corrected chi connectivity index (χ0v) is 18.9. The van der Waals surface area contributed by atoms with Gasteiger partial charge in [0.1, 0.15) is 18.8 Å². The molecule has 9 heteroatoms. The van der Waals surface area contributed by atoms with E-state index in [1.54, 1.807) is 31.2 Å². The number of aromatic nitrogens is 3. The van der Waals surface area contributed by atoms with Crippen LogP contribution in [-0.2, 0) is 9.53 Å². The van der Waals surface area contributed by atoms with Crippen molar-refractivity contribution in [1.29, 1.82) is 0 Å². The Kier molecular flexibility index (Phi) is 6.13. The van der Waals surface area contributed by atoms with E-state index in [0.717, 1.165) is 16.5 Å². The lowest BCUT2D eigenvalue weighted by molar-refractivity contribution is -0.111. The van der Waals surface area contributed by atoms with Crippen molar-refractivity contribution in [3.05, 3.63) is 78.0 Å². The van der Waals surface area contributed by atoms with E-state index in [1.807, 2.05) is 36.4 Å². The maximum absolute atomic E-state index is 12.8. The molecule has 0 saturated heterocycles. The summed E-state index contributed by atoms with van der Waals surface area (Å²) in [6, 6.07) is 16.7. The largest absolute Gasteiger partial charge is 0.486 e. The lowest BCUT2D eigenvalue weighted by Crippen LogP contribution is -2.16. The second-order valence-electron chi connectivity index (χ2n) is 7.63. The Bertz CT molecular complexity index is 1440. The van der Waals surface area contributed by atoms with E-state index in [9.17, 15) is 9.59 Å². The number of rotatable bonds is 6. The van der Waals surface area contributed by atoms with Crippen LogP contribution in [0, 0.1) is 0 Å². The van der Waals surface area contributed by atoms with Crippen molar-refractivity contribution in [2.75, 3.05) is 25.1 Å². The molecule has 0 unspecified atom stereocenters. The summed E-state index contributed by atoms with van der Waals surface area (Å²) in [6.07, 6.45) is 4.37. The van der Waals surface area contributed by atoms with E-state index in [4.69, 9.17) is 14.2 Å². The van der Waals surface area contributed by atoms with Crippen LogP contribution in [0.3, 0.4) is 0 Å². The summed E-state index contributed by atoms with van der Waals surface area (Å²) in [5.74, 6) is 0.875. The van der Waals surface area contributed by atoms with Crippen molar-refractivity contribution in [2.45, 2.75) is 6.92 Å².